The normalized spacial score (nSPS) is 22.4. The van der Waals surface area contributed by atoms with Crippen LogP contribution in [-0.4, -0.2) is 21.5 Å². The largest absolute Gasteiger partial charge is 0.353 e. The summed E-state index contributed by atoms with van der Waals surface area (Å²) in [6, 6.07) is 10.6. The molecule has 1 aromatic heterocycles. The van der Waals surface area contributed by atoms with Crippen molar-refractivity contribution in [1.29, 1.82) is 0 Å². The number of aromatic nitrogens is 2. The van der Waals surface area contributed by atoms with E-state index in [1.54, 1.807) is 12.5 Å². The third-order valence-corrected chi connectivity index (χ3v) is 3.60. The second-order valence-corrected chi connectivity index (χ2v) is 5.09. The van der Waals surface area contributed by atoms with Gasteiger partial charge in [-0.25, -0.2) is 4.98 Å². The fourth-order valence-electron chi connectivity index (χ4n) is 2.67. The molecule has 2 aromatic rings. The minimum atomic E-state index is 0.0583. The average molecular weight is 255 g/mol. The number of rotatable bonds is 4. The maximum atomic E-state index is 12.0. The maximum absolute atomic E-state index is 12.0. The van der Waals surface area contributed by atoms with Crippen LogP contribution in [0.1, 0.15) is 12.0 Å². The standard InChI is InChI=1S/C15H17N3O/c19-15-13(10-18-7-6-16-11-18)9-14(17-15)8-12-4-2-1-3-5-12/h1-7,11,13-14H,8-10H2,(H,17,19)/t13?,14-/m0/s1. The number of benzene rings is 1. The first-order chi connectivity index (χ1) is 9.31. The van der Waals surface area contributed by atoms with Crippen LogP contribution in [0.3, 0.4) is 0 Å². The lowest BCUT2D eigenvalue weighted by Crippen LogP contribution is -2.28. The number of hydrogen-bond acceptors (Lipinski definition) is 2. The summed E-state index contributed by atoms with van der Waals surface area (Å²) in [6.45, 7) is 0.719. The van der Waals surface area contributed by atoms with Crippen LogP contribution in [0.4, 0.5) is 0 Å². The van der Waals surface area contributed by atoms with E-state index in [0.717, 1.165) is 19.4 Å². The Kier molecular flexibility index (Phi) is 3.31. The Morgan fingerprint density at radius 2 is 2.16 bits per heavy atom. The number of nitrogens with zero attached hydrogens (tertiary/aromatic N) is 2. The van der Waals surface area contributed by atoms with Gasteiger partial charge in [0.25, 0.3) is 0 Å². The molecule has 19 heavy (non-hydrogen) atoms. The molecule has 4 heteroatoms. The van der Waals surface area contributed by atoms with Crippen molar-refractivity contribution < 1.29 is 4.79 Å². The summed E-state index contributed by atoms with van der Waals surface area (Å²) in [6.07, 6.45) is 7.21. The zero-order chi connectivity index (χ0) is 13.1. The molecule has 0 bridgehead atoms. The van der Waals surface area contributed by atoms with Crippen LogP contribution in [0.25, 0.3) is 0 Å². The van der Waals surface area contributed by atoms with Gasteiger partial charge in [-0.3, -0.25) is 4.79 Å². The Balaban J connectivity index is 1.60. The van der Waals surface area contributed by atoms with E-state index in [1.807, 2.05) is 29.0 Å². The second kappa shape index (κ2) is 5.26. The minimum Gasteiger partial charge on any atom is -0.353 e. The van der Waals surface area contributed by atoms with Crippen LogP contribution in [0.5, 0.6) is 0 Å². The molecule has 1 aliphatic heterocycles. The molecule has 1 unspecified atom stereocenters. The van der Waals surface area contributed by atoms with E-state index in [9.17, 15) is 4.79 Å². The van der Waals surface area contributed by atoms with E-state index in [0.29, 0.717) is 0 Å². The summed E-state index contributed by atoms with van der Waals surface area (Å²) in [5, 5.41) is 3.09. The van der Waals surface area contributed by atoms with E-state index in [-0.39, 0.29) is 17.9 Å². The summed E-state index contributed by atoms with van der Waals surface area (Å²) < 4.78 is 1.97. The number of nitrogens with one attached hydrogen (secondary N) is 1. The van der Waals surface area contributed by atoms with Crippen molar-refractivity contribution in [2.75, 3.05) is 0 Å². The number of amides is 1. The molecule has 1 aromatic carbocycles. The van der Waals surface area contributed by atoms with Gasteiger partial charge in [-0.05, 0) is 18.4 Å². The first-order valence-corrected chi connectivity index (χ1v) is 6.61. The quantitative estimate of drug-likeness (QED) is 0.902. The second-order valence-electron chi connectivity index (χ2n) is 5.09. The highest BCUT2D eigenvalue weighted by molar-refractivity contribution is 5.81. The lowest BCUT2D eigenvalue weighted by molar-refractivity contribution is -0.122. The maximum Gasteiger partial charge on any atom is 0.225 e. The van der Waals surface area contributed by atoms with Crippen molar-refractivity contribution in [2.24, 2.45) is 5.92 Å². The molecule has 1 fully saturated rings. The molecule has 1 saturated heterocycles. The van der Waals surface area contributed by atoms with E-state index in [1.165, 1.54) is 5.56 Å². The summed E-state index contributed by atoms with van der Waals surface area (Å²) in [5.41, 5.74) is 1.27. The summed E-state index contributed by atoms with van der Waals surface area (Å²) >= 11 is 0. The van der Waals surface area contributed by atoms with Gasteiger partial charge in [0.05, 0.1) is 12.2 Å². The van der Waals surface area contributed by atoms with Gasteiger partial charge in [-0.2, -0.15) is 0 Å². The van der Waals surface area contributed by atoms with Crippen LogP contribution >= 0.6 is 0 Å². The number of carbonyl (C=O) groups excluding carboxylic acids is 1. The number of carbonyl (C=O) groups is 1. The fourth-order valence-corrected chi connectivity index (χ4v) is 2.67. The third kappa shape index (κ3) is 2.84. The molecule has 2 heterocycles. The lowest BCUT2D eigenvalue weighted by atomic mass is 10.00. The van der Waals surface area contributed by atoms with Gasteiger partial charge in [0.1, 0.15) is 0 Å². The molecule has 0 radical (unpaired) electrons. The highest BCUT2D eigenvalue weighted by atomic mass is 16.2. The van der Waals surface area contributed by atoms with Gasteiger partial charge in [-0.15, -0.1) is 0 Å². The SMILES string of the molecule is O=C1N[C@@H](Cc2ccccc2)CC1Cn1ccnc1. The Bertz CT molecular complexity index is 536. The van der Waals surface area contributed by atoms with Crippen LogP contribution in [0.2, 0.25) is 0 Å². The van der Waals surface area contributed by atoms with Crippen LogP contribution in [0.15, 0.2) is 49.1 Å². The highest BCUT2D eigenvalue weighted by Gasteiger charge is 2.31. The Morgan fingerprint density at radius 1 is 1.32 bits per heavy atom. The smallest absolute Gasteiger partial charge is 0.225 e. The number of hydrogen-bond donors (Lipinski definition) is 1. The highest BCUT2D eigenvalue weighted by Crippen LogP contribution is 2.20. The third-order valence-electron chi connectivity index (χ3n) is 3.60. The van der Waals surface area contributed by atoms with Crippen molar-refractivity contribution in [2.45, 2.75) is 25.4 Å². The Labute approximate surface area is 112 Å². The molecular formula is C15H17N3O. The zero-order valence-electron chi connectivity index (χ0n) is 10.7. The molecule has 98 valence electrons. The van der Waals surface area contributed by atoms with Crippen LogP contribution < -0.4 is 5.32 Å². The van der Waals surface area contributed by atoms with Crippen molar-refractivity contribution in [1.82, 2.24) is 14.9 Å². The van der Waals surface area contributed by atoms with Crippen molar-refractivity contribution in [3.8, 4) is 0 Å². The average Bonchev–Trinajstić information content (AvgIpc) is 3.02. The molecule has 0 aliphatic carbocycles. The van der Waals surface area contributed by atoms with Gasteiger partial charge in [-0.1, -0.05) is 30.3 Å². The summed E-state index contributed by atoms with van der Waals surface area (Å²) in [5.74, 6) is 0.220. The van der Waals surface area contributed by atoms with E-state index in [2.05, 4.69) is 22.4 Å². The molecule has 1 amide bonds. The van der Waals surface area contributed by atoms with Gasteiger partial charge < -0.3 is 9.88 Å². The molecule has 0 saturated carbocycles. The molecule has 1 N–H and O–H groups in total. The first-order valence-electron chi connectivity index (χ1n) is 6.61. The molecular weight excluding hydrogens is 238 g/mol. The van der Waals surface area contributed by atoms with Gasteiger partial charge in [0.2, 0.25) is 5.91 Å². The van der Waals surface area contributed by atoms with Crippen LogP contribution in [-0.2, 0) is 17.8 Å². The molecule has 1 aliphatic rings. The van der Waals surface area contributed by atoms with E-state index >= 15 is 0 Å². The van der Waals surface area contributed by atoms with E-state index in [4.69, 9.17) is 0 Å². The van der Waals surface area contributed by atoms with Crippen molar-refractivity contribution in [3.05, 3.63) is 54.6 Å². The van der Waals surface area contributed by atoms with Crippen molar-refractivity contribution in [3.63, 3.8) is 0 Å². The van der Waals surface area contributed by atoms with Crippen molar-refractivity contribution >= 4 is 5.91 Å². The monoisotopic (exact) mass is 255 g/mol. The zero-order valence-corrected chi connectivity index (χ0v) is 10.7. The van der Waals surface area contributed by atoms with E-state index < -0.39 is 0 Å². The first kappa shape index (κ1) is 12.0. The molecule has 3 rings (SSSR count). The van der Waals surface area contributed by atoms with Gasteiger partial charge >= 0.3 is 0 Å². The van der Waals surface area contributed by atoms with Crippen LogP contribution in [0, 0.1) is 5.92 Å². The number of imidazole rings is 1. The van der Waals surface area contributed by atoms with Gasteiger partial charge in [0.15, 0.2) is 0 Å². The molecule has 0 spiro atoms. The molecule has 2 atom stereocenters. The fraction of sp³-hybridized carbons (Fsp3) is 0.333. The van der Waals surface area contributed by atoms with Gasteiger partial charge in [0, 0.05) is 25.0 Å². The Morgan fingerprint density at radius 3 is 2.89 bits per heavy atom. The predicted octanol–water partition coefficient (Wildman–Crippen LogP) is 1.63. The summed E-state index contributed by atoms with van der Waals surface area (Å²) in [4.78, 5) is 16.0. The Hall–Kier alpha value is -2.10. The topological polar surface area (TPSA) is 46.9 Å². The lowest BCUT2D eigenvalue weighted by Gasteiger charge is -2.10. The minimum absolute atomic E-state index is 0.0583. The summed E-state index contributed by atoms with van der Waals surface area (Å²) in [7, 11) is 0. The predicted molar refractivity (Wildman–Crippen MR) is 72.4 cm³/mol. The molecule has 4 nitrogen and oxygen atoms in total.